The predicted octanol–water partition coefficient (Wildman–Crippen LogP) is 2.92. The molecule has 0 bridgehead atoms. The maximum Gasteiger partial charge on any atom is 0.328 e. The van der Waals surface area contributed by atoms with E-state index in [1.54, 1.807) is 11.3 Å². The van der Waals surface area contributed by atoms with Gasteiger partial charge >= 0.3 is 11.9 Å². The first-order chi connectivity index (χ1) is 13.5. The van der Waals surface area contributed by atoms with E-state index in [1.807, 2.05) is 31.3 Å². The van der Waals surface area contributed by atoms with E-state index in [1.165, 1.54) is 4.88 Å². The van der Waals surface area contributed by atoms with Crippen molar-refractivity contribution in [2.24, 2.45) is 0 Å². The van der Waals surface area contributed by atoms with E-state index < -0.39 is 11.9 Å². The molecule has 0 radical (unpaired) electrons. The molecular weight excluding hydrogens is 386 g/mol. The van der Waals surface area contributed by atoms with Crippen molar-refractivity contribution in [1.82, 2.24) is 5.32 Å². The minimum absolute atomic E-state index is 0.0261. The minimum atomic E-state index is -1.26. The van der Waals surface area contributed by atoms with Crippen molar-refractivity contribution >= 4 is 23.3 Å². The largest absolute Gasteiger partial charge is 0.481 e. The lowest BCUT2D eigenvalue weighted by Crippen LogP contribution is -2.15. The molecule has 2 heterocycles. The summed E-state index contributed by atoms with van der Waals surface area (Å²) in [6, 6.07) is 9.89. The number of aliphatic carboxylic acids is 2. The molecule has 28 heavy (non-hydrogen) atoms. The van der Waals surface area contributed by atoms with E-state index in [9.17, 15) is 9.59 Å². The molecule has 1 aromatic heterocycles. The van der Waals surface area contributed by atoms with Crippen molar-refractivity contribution in [3.05, 3.63) is 52.7 Å². The first-order valence-corrected chi connectivity index (χ1v) is 9.26. The summed E-state index contributed by atoms with van der Waals surface area (Å²) in [4.78, 5) is 20.3. The van der Waals surface area contributed by atoms with Gasteiger partial charge in [0.05, 0.1) is 0 Å². The van der Waals surface area contributed by atoms with Gasteiger partial charge < -0.3 is 29.7 Å². The highest BCUT2D eigenvalue weighted by atomic mass is 32.1. The summed E-state index contributed by atoms with van der Waals surface area (Å²) in [7, 11) is 1.95. The molecule has 0 fully saturated rings. The molecule has 1 aliphatic heterocycles. The van der Waals surface area contributed by atoms with E-state index in [-0.39, 0.29) is 12.9 Å². The number of rotatable bonds is 8. The number of thiophene rings is 1. The van der Waals surface area contributed by atoms with E-state index in [0.717, 1.165) is 24.5 Å². The number of ether oxygens (including phenoxy) is 3. The third kappa shape index (κ3) is 6.60. The molecule has 0 amide bonds. The van der Waals surface area contributed by atoms with Crippen molar-refractivity contribution in [3.63, 3.8) is 0 Å². The molecule has 1 aromatic carbocycles. The first-order valence-electron chi connectivity index (χ1n) is 8.38. The van der Waals surface area contributed by atoms with Crippen molar-refractivity contribution in [1.29, 1.82) is 0 Å². The maximum atomic E-state index is 9.55. The molecule has 1 aliphatic rings. The topological polar surface area (TPSA) is 114 Å². The van der Waals surface area contributed by atoms with Gasteiger partial charge in [-0.05, 0) is 37.2 Å². The molecule has 0 spiro atoms. The second-order valence-electron chi connectivity index (χ2n) is 5.51. The lowest BCUT2D eigenvalue weighted by molar-refractivity contribution is -0.134. The highest BCUT2D eigenvalue weighted by molar-refractivity contribution is 7.10. The van der Waals surface area contributed by atoms with Gasteiger partial charge in [-0.1, -0.05) is 12.1 Å². The summed E-state index contributed by atoms with van der Waals surface area (Å²) in [6.07, 6.45) is 2.05. The molecule has 3 N–H and O–H groups in total. The van der Waals surface area contributed by atoms with E-state index in [2.05, 4.69) is 16.8 Å². The van der Waals surface area contributed by atoms with E-state index >= 15 is 0 Å². The standard InChI is InChI=1S/C15H17NO3S.C4H4O4/c1-16-8-7-11(14-6-3-9-20-14)19-13-5-2-4-12-15(13)18-10-17-12;5-3(6)1-2-4(7)8/h2-6,9,11,16H,7-8,10H2,1H3;1-2H,(H,5,6)(H,7,8)/b;2-1-/t11-;/m0./s1. The second kappa shape index (κ2) is 11.0. The van der Waals surface area contributed by atoms with Crippen molar-refractivity contribution in [2.75, 3.05) is 20.4 Å². The summed E-state index contributed by atoms with van der Waals surface area (Å²) in [5.41, 5.74) is 0. The highest BCUT2D eigenvalue weighted by Crippen LogP contribution is 2.42. The number of hydrogen-bond acceptors (Lipinski definition) is 7. The van der Waals surface area contributed by atoms with Crippen LogP contribution < -0.4 is 19.5 Å². The lowest BCUT2D eigenvalue weighted by atomic mass is 10.2. The molecule has 150 valence electrons. The Hall–Kier alpha value is -3.04. The van der Waals surface area contributed by atoms with Gasteiger partial charge in [0.1, 0.15) is 6.10 Å². The van der Waals surface area contributed by atoms with Crippen LogP contribution in [0.3, 0.4) is 0 Å². The second-order valence-corrected chi connectivity index (χ2v) is 6.49. The normalized spacial score (nSPS) is 12.9. The van der Waals surface area contributed by atoms with Crippen molar-refractivity contribution < 1.29 is 34.0 Å². The van der Waals surface area contributed by atoms with Crippen LogP contribution >= 0.6 is 11.3 Å². The van der Waals surface area contributed by atoms with E-state index in [0.29, 0.717) is 17.9 Å². The Balaban J connectivity index is 0.000000300. The fourth-order valence-corrected chi connectivity index (χ4v) is 3.09. The Kier molecular flexibility index (Phi) is 8.32. The monoisotopic (exact) mass is 407 g/mol. The quantitative estimate of drug-likeness (QED) is 0.572. The number of benzene rings is 1. The molecule has 8 nitrogen and oxygen atoms in total. The number of nitrogens with one attached hydrogen (secondary N) is 1. The maximum absolute atomic E-state index is 9.55. The van der Waals surface area contributed by atoms with Crippen LogP contribution in [0.2, 0.25) is 0 Å². The Morgan fingerprint density at radius 3 is 2.57 bits per heavy atom. The Morgan fingerprint density at radius 2 is 1.96 bits per heavy atom. The Bertz CT molecular complexity index is 789. The summed E-state index contributed by atoms with van der Waals surface area (Å²) >= 11 is 1.71. The Labute approximate surface area is 166 Å². The highest BCUT2D eigenvalue weighted by Gasteiger charge is 2.22. The average Bonchev–Trinajstić information content (AvgIpc) is 3.35. The number of carbonyl (C=O) groups is 2. The Morgan fingerprint density at radius 1 is 1.21 bits per heavy atom. The van der Waals surface area contributed by atoms with Crippen LogP contribution in [-0.2, 0) is 9.59 Å². The fraction of sp³-hybridized carbons (Fsp3) is 0.263. The minimum Gasteiger partial charge on any atom is -0.481 e. The van der Waals surface area contributed by atoms with Gasteiger partial charge in [-0.3, -0.25) is 0 Å². The number of fused-ring (bicyclic) bond motifs is 1. The summed E-state index contributed by atoms with van der Waals surface area (Å²) in [5.74, 6) is -0.311. The fourth-order valence-electron chi connectivity index (χ4n) is 2.30. The molecule has 0 saturated heterocycles. The summed E-state index contributed by atoms with van der Waals surface area (Å²) in [6.45, 7) is 1.16. The van der Waals surface area contributed by atoms with Crippen LogP contribution in [0.1, 0.15) is 17.4 Å². The third-order valence-electron chi connectivity index (χ3n) is 3.52. The van der Waals surface area contributed by atoms with Gasteiger partial charge in [-0.2, -0.15) is 0 Å². The zero-order valence-corrected chi connectivity index (χ0v) is 16.0. The molecule has 3 rings (SSSR count). The van der Waals surface area contributed by atoms with Crippen LogP contribution in [0.25, 0.3) is 0 Å². The van der Waals surface area contributed by atoms with Gasteiger partial charge in [0.2, 0.25) is 12.5 Å². The van der Waals surface area contributed by atoms with Gasteiger partial charge in [0.15, 0.2) is 11.5 Å². The van der Waals surface area contributed by atoms with Crippen LogP contribution in [0.4, 0.5) is 0 Å². The first kappa shape index (κ1) is 21.3. The van der Waals surface area contributed by atoms with Crippen LogP contribution in [0.5, 0.6) is 17.2 Å². The third-order valence-corrected chi connectivity index (χ3v) is 4.48. The van der Waals surface area contributed by atoms with Gasteiger partial charge in [0.25, 0.3) is 0 Å². The SMILES string of the molecule is CNCC[C@H](Oc1cccc2c1OCO2)c1cccs1.O=C(O)/C=C\C(=O)O. The molecule has 0 saturated carbocycles. The van der Waals surface area contributed by atoms with Gasteiger partial charge in [0, 0.05) is 23.5 Å². The van der Waals surface area contributed by atoms with Gasteiger partial charge in [-0.25, -0.2) is 9.59 Å². The van der Waals surface area contributed by atoms with Gasteiger partial charge in [-0.15, -0.1) is 11.3 Å². The number of hydrogen-bond donors (Lipinski definition) is 3. The molecule has 9 heteroatoms. The van der Waals surface area contributed by atoms with Crippen molar-refractivity contribution in [3.8, 4) is 17.2 Å². The summed E-state index contributed by atoms with van der Waals surface area (Å²) in [5, 5.41) is 20.9. The molecule has 1 atom stereocenters. The average molecular weight is 407 g/mol. The lowest BCUT2D eigenvalue weighted by Gasteiger charge is -2.18. The van der Waals surface area contributed by atoms with Crippen LogP contribution in [-0.4, -0.2) is 42.5 Å². The molecular formula is C19H21NO7S. The van der Waals surface area contributed by atoms with E-state index in [4.69, 9.17) is 24.4 Å². The van der Waals surface area contributed by atoms with Crippen LogP contribution in [0.15, 0.2) is 47.9 Å². The smallest absolute Gasteiger partial charge is 0.328 e. The number of para-hydroxylation sites is 1. The molecule has 2 aromatic rings. The molecule has 0 aliphatic carbocycles. The predicted molar refractivity (Wildman–Crippen MR) is 103 cm³/mol. The number of carboxylic acid groups (broad SMARTS) is 2. The zero-order valence-electron chi connectivity index (χ0n) is 15.2. The summed E-state index contributed by atoms with van der Waals surface area (Å²) < 4.78 is 17.0. The van der Waals surface area contributed by atoms with Crippen LogP contribution in [0, 0.1) is 0 Å². The number of carboxylic acids is 2. The zero-order chi connectivity index (χ0) is 20.4. The molecule has 0 unspecified atom stereocenters. The van der Waals surface area contributed by atoms with Crippen molar-refractivity contribution in [2.45, 2.75) is 12.5 Å².